The van der Waals surface area contributed by atoms with Gasteiger partial charge >= 0.3 is 0 Å². The molecule has 1 aliphatic heterocycles. The maximum atomic E-state index is 13.6. The number of unbranched alkanes of at least 4 members (excludes halogenated alkanes) is 6. The first-order valence-electron chi connectivity index (χ1n) is 16.7. The van der Waals surface area contributed by atoms with Crippen LogP contribution in [0, 0.1) is 11.7 Å². The number of nitrogens with one attached hydrogen (secondary N) is 1. The highest BCUT2D eigenvalue weighted by Crippen LogP contribution is 2.46. The number of aryl methyl sites for hydroxylation is 2. The van der Waals surface area contributed by atoms with Crippen molar-refractivity contribution in [1.29, 1.82) is 0 Å². The highest BCUT2D eigenvalue weighted by molar-refractivity contribution is 7.88. The van der Waals surface area contributed by atoms with Crippen LogP contribution >= 0.6 is 0 Å². The van der Waals surface area contributed by atoms with E-state index in [1.165, 1.54) is 29.5 Å². The average molecular weight is 653 g/mol. The summed E-state index contributed by atoms with van der Waals surface area (Å²) in [5.74, 6) is -0.573. The minimum atomic E-state index is -3.13. The first-order valence-corrected chi connectivity index (χ1v) is 18.6. The second kappa shape index (κ2) is 17.7. The topological polar surface area (TPSA) is 107 Å². The van der Waals surface area contributed by atoms with Crippen molar-refractivity contribution in [2.45, 2.75) is 89.2 Å². The van der Waals surface area contributed by atoms with Crippen LogP contribution in [0.3, 0.4) is 0 Å². The lowest BCUT2D eigenvalue weighted by atomic mass is 9.78. The number of carbonyl (C=O) groups is 1. The Morgan fingerprint density at radius 1 is 0.804 bits per heavy atom. The number of aliphatic hydroxyl groups is 2. The summed E-state index contributed by atoms with van der Waals surface area (Å²) in [6.45, 7) is 0.712. The molecule has 3 aromatic rings. The maximum absolute atomic E-state index is 13.6. The van der Waals surface area contributed by atoms with Crippen molar-refractivity contribution < 1.29 is 27.8 Å². The molecule has 0 aromatic heterocycles. The number of carbonyl (C=O) groups excluding carboxylic acids is 1. The molecule has 1 amide bonds. The van der Waals surface area contributed by atoms with Crippen LogP contribution in [0.4, 0.5) is 10.1 Å². The number of amides is 1. The highest BCUT2D eigenvalue weighted by atomic mass is 32.2. The van der Waals surface area contributed by atoms with Gasteiger partial charge in [-0.2, -0.15) is 0 Å². The van der Waals surface area contributed by atoms with E-state index in [4.69, 9.17) is 5.11 Å². The summed E-state index contributed by atoms with van der Waals surface area (Å²) in [6, 6.07) is 22.4. The van der Waals surface area contributed by atoms with E-state index in [1.807, 2.05) is 17.0 Å². The number of hydrogen-bond donors (Lipinski definition) is 3. The Balaban J connectivity index is 1.38. The van der Waals surface area contributed by atoms with E-state index in [0.717, 1.165) is 75.5 Å². The molecule has 46 heavy (non-hydrogen) atoms. The molecule has 0 aliphatic carbocycles. The summed E-state index contributed by atoms with van der Waals surface area (Å²) < 4.78 is 38.3. The van der Waals surface area contributed by atoms with Crippen molar-refractivity contribution in [3.63, 3.8) is 0 Å². The molecule has 0 spiro atoms. The van der Waals surface area contributed by atoms with E-state index in [-0.39, 0.29) is 30.3 Å². The molecule has 3 aromatic carbocycles. The zero-order chi connectivity index (χ0) is 32.9. The molecule has 9 heteroatoms. The van der Waals surface area contributed by atoms with Crippen molar-refractivity contribution in [3.05, 3.63) is 101 Å². The highest BCUT2D eigenvalue weighted by Gasteiger charge is 2.48. The Hall–Kier alpha value is -3.11. The zero-order valence-corrected chi connectivity index (χ0v) is 27.7. The van der Waals surface area contributed by atoms with Crippen LogP contribution in [0.25, 0.3) is 0 Å². The van der Waals surface area contributed by atoms with E-state index in [0.29, 0.717) is 24.9 Å². The van der Waals surface area contributed by atoms with Gasteiger partial charge in [0.25, 0.3) is 0 Å². The summed E-state index contributed by atoms with van der Waals surface area (Å²) in [6.07, 6.45) is 11.1. The second-order valence-electron chi connectivity index (χ2n) is 12.5. The van der Waals surface area contributed by atoms with Gasteiger partial charge in [-0.15, -0.1) is 0 Å². The molecular formula is C37H49FN2O5S. The maximum Gasteiger partial charge on any atom is 0.233 e. The molecule has 1 saturated heterocycles. The second-order valence-corrected chi connectivity index (χ2v) is 14.4. The van der Waals surface area contributed by atoms with Crippen LogP contribution in [-0.2, 0) is 27.7 Å². The minimum Gasteiger partial charge on any atom is -0.396 e. The monoisotopic (exact) mass is 652 g/mol. The van der Waals surface area contributed by atoms with Gasteiger partial charge in [-0.25, -0.2) is 17.5 Å². The lowest BCUT2D eigenvalue weighted by Crippen LogP contribution is -2.55. The third-order valence-electron chi connectivity index (χ3n) is 8.89. The van der Waals surface area contributed by atoms with E-state index >= 15 is 0 Å². The number of β-lactam (4-membered cyclic amide) rings is 1. The van der Waals surface area contributed by atoms with Crippen LogP contribution in [0.5, 0.6) is 0 Å². The molecule has 250 valence electrons. The fourth-order valence-electron chi connectivity index (χ4n) is 6.25. The summed E-state index contributed by atoms with van der Waals surface area (Å²) >= 11 is 0. The van der Waals surface area contributed by atoms with E-state index in [9.17, 15) is 22.7 Å². The largest absolute Gasteiger partial charge is 0.396 e. The number of sulfonamides is 1. The third kappa shape index (κ3) is 10.7. The molecular weight excluding hydrogens is 603 g/mol. The van der Waals surface area contributed by atoms with Crippen molar-refractivity contribution in [2.24, 2.45) is 5.92 Å². The van der Waals surface area contributed by atoms with Crippen molar-refractivity contribution in [2.75, 3.05) is 24.3 Å². The number of aliphatic hydroxyl groups excluding tert-OH is 2. The first-order chi connectivity index (χ1) is 22.2. The average Bonchev–Trinajstić information content (AvgIpc) is 3.04. The molecule has 7 nitrogen and oxygen atoms in total. The van der Waals surface area contributed by atoms with Crippen LogP contribution in [0.2, 0.25) is 0 Å². The first kappa shape index (κ1) is 35.7. The zero-order valence-electron chi connectivity index (χ0n) is 26.9. The standard InChI is InChI=1S/C37H49FN2O5S/c1-46(44,45)39-26-8-4-2-6-11-29-14-22-33(23-15-29)40-36(31-16-12-28(13-17-31)10-7-3-5-9-27-41)34(37(40)43)24-25-35(42)30-18-20-32(38)21-19-30/h12-23,34-36,39,41-42H,2-11,24-27H2,1H3/t34-,35+,36-/m1/s1. The normalized spacial score (nSPS) is 17.2. The fraction of sp³-hybridized carbons (Fsp3) is 0.486. The Morgan fingerprint density at radius 3 is 1.96 bits per heavy atom. The smallest absolute Gasteiger partial charge is 0.233 e. The van der Waals surface area contributed by atoms with Crippen molar-refractivity contribution in [1.82, 2.24) is 4.72 Å². The molecule has 1 heterocycles. The van der Waals surface area contributed by atoms with Gasteiger partial charge in [-0.05, 0) is 97.9 Å². The van der Waals surface area contributed by atoms with Gasteiger partial charge < -0.3 is 15.1 Å². The number of halogens is 1. The minimum absolute atomic E-state index is 0.0414. The Labute approximate surface area is 273 Å². The van der Waals surface area contributed by atoms with Gasteiger partial charge in [0.15, 0.2) is 0 Å². The van der Waals surface area contributed by atoms with Crippen LogP contribution < -0.4 is 9.62 Å². The third-order valence-corrected chi connectivity index (χ3v) is 9.61. The SMILES string of the molecule is CS(=O)(=O)NCCCCCCc1ccc(N2C(=O)[C@H](CC[C@H](O)c3ccc(F)cc3)[C@H]2c2ccc(CCCCCCO)cc2)cc1. The van der Waals surface area contributed by atoms with Gasteiger partial charge in [0, 0.05) is 18.8 Å². The number of benzene rings is 3. The van der Waals surface area contributed by atoms with Gasteiger partial charge in [-0.3, -0.25) is 4.79 Å². The molecule has 3 N–H and O–H groups in total. The van der Waals surface area contributed by atoms with Crippen LogP contribution in [-0.4, -0.2) is 43.9 Å². The van der Waals surface area contributed by atoms with Crippen LogP contribution in [0.15, 0.2) is 72.8 Å². The number of hydrogen-bond acceptors (Lipinski definition) is 5. The van der Waals surface area contributed by atoms with E-state index in [2.05, 4.69) is 41.1 Å². The summed E-state index contributed by atoms with van der Waals surface area (Å²) in [5, 5.41) is 19.8. The Morgan fingerprint density at radius 2 is 1.37 bits per heavy atom. The van der Waals surface area contributed by atoms with Crippen molar-refractivity contribution >= 4 is 21.6 Å². The van der Waals surface area contributed by atoms with E-state index in [1.54, 1.807) is 12.1 Å². The Bertz CT molecular complexity index is 1460. The number of anilines is 1. The molecule has 0 unspecified atom stereocenters. The van der Waals surface area contributed by atoms with Crippen molar-refractivity contribution in [3.8, 4) is 0 Å². The number of rotatable bonds is 20. The van der Waals surface area contributed by atoms with Crippen LogP contribution in [0.1, 0.15) is 98.6 Å². The van der Waals surface area contributed by atoms with E-state index < -0.39 is 16.1 Å². The molecule has 0 radical (unpaired) electrons. The number of nitrogens with zero attached hydrogens (tertiary/aromatic N) is 1. The fourth-order valence-corrected chi connectivity index (χ4v) is 6.77. The summed E-state index contributed by atoms with van der Waals surface area (Å²) in [4.78, 5) is 15.5. The van der Waals surface area contributed by atoms with Gasteiger partial charge in [-0.1, -0.05) is 74.2 Å². The molecule has 0 saturated carbocycles. The van der Waals surface area contributed by atoms with Gasteiger partial charge in [0.1, 0.15) is 5.82 Å². The lowest BCUT2D eigenvalue weighted by molar-refractivity contribution is -0.131. The molecule has 1 aliphatic rings. The van der Waals surface area contributed by atoms with Gasteiger partial charge in [0.05, 0.1) is 24.3 Å². The Kier molecular flexibility index (Phi) is 13.8. The quantitative estimate of drug-likeness (QED) is 0.0921. The predicted octanol–water partition coefficient (Wildman–Crippen LogP) is 6.79. The summed E-state index contributed by atoms with van der Waals surface area (Å²) in [5.41, 5.74) is 5.02. The summed E-state index contributed by atoms with van der Waals surface area (Å²) in [7, 11) is -3.13. The molecule has 1 fully saturated rings. The molecule has 4 rings (SSSR count). The molecule has 0 bridgehead atoms. The predicted molar refractivity (Wildman–Crippen MR) is 181 cm³/mol. The molecule has 3 atom stereocenters. The lowest BCUT2D eigenvalue weighted by Gasteiger charge is -2.48. The van der Waals surface area contributed by atoms with Gasteiger partial charge in [0.2, 0.25) is 15.9 Å².